The summed E-state index contributed by atoms with van der Waals surface area (Å²) >= 11 is 0. The van der Waals surface area contributed by atoms with Gasteiger partial charge < -0.3 is 4.90 Å². The van der Waals surface area contributed by atoms with Crippen LogP contribution in [0, 0.1) is 20.8 Å². The summed E-state index contributed by atoms with van der Waals surface area (Å²) in [5, 5.41) is 5.11. The van der Waals surface area contributed by atoms with Gasteiger partial charge in [-0.15, -0.1) is 0 Å². The van der Waals surface area contributed by atoms with Crippen LogP contribution in [-0.2, 0) is 0 Å². The van der Waals surface area contributed by atoms with Crippen LogP contribution in [0.2, 0.25) is 0 Å². The number of hydrogen-bond acceptors (Lipinski definition) is 1. The van der Waals surface area contributed by atoms with Gasteiger partial charge in [0.15, 0.2) is 0 Å². The third-order valence-corrected chi connectivity index (χ3v) is 9.87. The summed E-state index contributed by atoms with van der Waals surface area (Å²) in [5.74, 6) is 0.501. The Balaban J connectivity index is 1.22. The number of aryl methyl sites for hydroxylation is 2. The lowest BCUT2D eigenvalue weighted by molar-refractivity contribution is 0.866. The molecular formula is C44H37N. The molecule has 0 saturated heterocycles. The van der Waals surface area contributed by atoms with Crippen molar-refractivity contribution < 1.29 is 0 Å². The molecule has 0 fully saturated rings. The molecule has 1 heteroatoms. The number of hydrogen-bond donors (Lipinski definition) is 0. The number of nitrogens with zero attached hydrogens (tertiary/aromatic N) is 1. The molecule has 7 aromatic carbocycles. The Morgan fingerprint density at radius 1 is 0.422 bits per heavy atom. The maximum Gasteiger partial charge on any atom is 0.0468 e. The fourth-order valence-corrected chi connectivity index (χ4v) is 6.96. The SMILES string of the molecule is Cc1cc(N(c2ccc(C(C)C)cc2)c2ccc3cc4c(cc3c2)-c2cc3ccc(-c5ccccc5)cc3cc2-4)cc(C)c1C. The van der Waals surface area contributed by atoms with Crippen LogP contribution in [0.15, 0.2) is 127 Å². The van der Waals surface area contributed by atoms with E-state index in [4.69, 9.17) is 0 Å². The van der Waals surface area contributed by atoms with Gasteiger partial charge in [-0.3, -0.25) is 0 Å². The summed E-state index contributed by atoms with van der Waals surface area (Å²) in [4.78, 5) is 2.41. The maximum absolute atomic E-state index is 2.41. The van der Waals surface area contributed by atoms with Crippen LogP contribution in [0.25, 0.3) is 54.9 Å². The maximum atomic E-state index is 2.41. The van der Waals surface area contributed by atoms with Gasteiger partial charge in [-0.05, 0) is 171 Å². The molecule has 0 aliphatic heterocycles. The molecule has 0 spiro atoms. The number of benzene rings is 7. The summed E-state index contributed by atoms with van der Waals surface area (Å²) in [5.41, 5.74) is 16.8. The Morgan fingerprint density at radius 2 is 0.956 bits per heavy atom. The van der Waals surface area contributed by atoms with Crippen molar-refractivity contribution in [3.05, 3.63) is 150 Å². The van der Waals surface area contributed by atoms with Crippen LogP contribution in [-0.4, -0.2) is 0 Å². The Kier molecular flexibility index (Phi) is 6.39. The average molecular weight is 580 g/mol. The topological polar surface area (TPSA) is 3.24 Å². The first-order valence-corrected chi connectivity index (χ1v) is 16.0. The highest BCUT2D eigenvalue weighted by Gasteiger charge is 2.24. The Hall–Kier alpha value is -5.14. The normalized spacial score (nSPS) is 11.9. The molecule has 8 rings (SSSR count). The molecule has 0 atom stereocenters. The number of rotatable bonds is 5. The first-order valence-electron chi connectivity index (χ1n) is 16.0. The van der Waals surface area contributed by atoms with Crippen LogP contribution in [0.3, 0.4) is 0 Å². The highest BCUT2D eigenvalue weighted by Crippen LogP contribution is 2.51. The van der Waals surface area contributed by atoms with Gasteiger partial charge in [-0.2, -0.15) is 0 Å². The average Bonchev–Trinajstić information content (AvgIpc) is 3.06. The molecule has 0 heterocycles. The number of anilines is 3. The standard InChI is InChI=1S/C44H37N/c1-27(2)31-13-16-38(17-14-31)45(40-19-28(3)30(5)29(4)20-40)39-18-15-35-24-42-43-25-36-21-33(32-9-7-6-8-10-32)11-12-34(36)23-41(43)44(42)26-37(35)22-39/h6-27H,1-5H3. The summed E-state index contributed by atoms with van der Waals surface area (Å²) in [7, 11) is 0. The van der Waals surface area contributed by atoms with Crippen molar-refractivity contribution >= 4 is 38.6 Å². The van der Waals surface area contributed by atoms with Gasteiger partial charge in [0.25, 0.3) is 0 Å². The van der Waals surface area contributed by atoms with Gasteiger partial charge in [0.1, 0.15) is 0 Å². The van der Waals surface area contributed by atoms with E-state index in [1.54, 1.807) is 0 Å². The zero-order valence-corrected chi connectivity index (χ0v) is 26.6. The Labute approximate surface area is 266 Å². The molecule has 7 aromatic rings. The Morgan fingerprint density at radius 3 is 1.56 bits per heavy atom. The van der Waals surface area contributed by atoms with Crippen molar-refractivity contribution in [1.29, 1.82) is 0 Å². The minimum Gasteiger partial charge on any atom is -0.310 e. The van der Waals surface area contributed by atoms with Crippen LogP contribution in [0.5, 0.6) is 0 Å². The summed E-state index contributed by atoms with van der Waals surface area (Å²) in [6, 6.07) is 47.7. The van der Waals surface area contributed by atoms with Gasteiger partial charge in [-0.25, -0.2) is 0 Å². The van der Waals surface area contributed by atoms with Crippen molar-refractivity contribution in [3.63, 3.8) is 0 Å². The van der Waals surface area contributed by atoms with Crippen LogP contribution in [0.4, 0.5) is 17.1 Å². The first kappa shape index (κ1) is 27.4. The van der Waals surface area contributed by atoms with Crippen molar-refractivity contribution in [2.45, 2.75) is 40.5 Å². The molecule has 218 valence electrons. The van der Waals surface area contributed by atoms with Gasteiger partial charge in [0.05, 0.1) is 0 Å². The predicted octanol–water partition coefficient (Wildman–Crippen LogP) is 12.8. The van der Waals surface area contributed by atoms with Crippen LogP contribution in [0.1, 0.15) is 42.0 Å². The van der Waals surface area contributed by atoms with E-state index in [0.717, 1.165) is 0 Å². The third-order valence-electron chi connectivity index (χ3n) is 9.87. The minimum absolute atomic E-state index is 0.501. The molecule has 1 aliphatic carbocycles. The second-order valence-corrected chi connectivity index (χ2v) is 13.0. The zero-order valence-electron chi connectivity index (χ0n) is 26.6. The zero-order chi connectivity index (χ0) is 30.8. The largest absolute Gasteiger partial charge is 0.310 e. The molecule has 0 saturated carbocycles. The molecule has 1 nitrogen and oxygen atoms in total. The van der Waals surface area contributed by atoms with E-state index in [1.807, 2.05) is 0 Å². The molecular weight excluding hydrogens is 542 g/mol. The molecule has 45 heavy (non-hydrogen) atoms. The van der Waals surface area contributed by atoms with E-state index in [2.05, 4.69) is 167 Å². The van der Waals surface area contributed by atoms with Gasteiger partial charge in [-0.1, -0.05) is 74.5 Å². The molecule has 0 unspecified atom stereocenters. The molecule has 0 bridgehead atoms. The lowest BCUT2D eigenvalue weighted by Gasteiger charge is -2.29. The monoisotopic (exact) mass is 579 g/mol. The van der Waals surface area contributed by atoms with Gasteiger partial charge in [0.2, 0.25) is 0 Å². The van der Waals surface area contributed by atoms with E-state index in [1.165, 1.54) is 94.2 Å². The fraction of sp³-hybridized carbons (Fsp3) is 0.136. The van der Waals surface area contributed by atoms with E-state index >= 15 is 0 Å². The Bertz CT molecular complexity index is 2230. The van der Waals surface area contributed by atoms with Crippen molar-refractivity contribution in [1.82, 2.24) is 0 Å². The predicted molar refractivity (Wildman–Crippen MR) is 194 cm³/mol. The number of fused-ring (bicyclic) bond motifs is 6. The second kappa shape index (κ2) is 10.5. The second-order valence-electron chi connectivity index (χ2n) is 13.0. The van der Waals surface area contributed by atoms with Gasteiger partial charge >= 0.3 is 0 Å². The molecule has 0 radical (unpaired) electrons. The highest BCUT2D eigenvalue weighted by atomic mass is 15.1. The molecule has 1 aliphatic rings. The van der Waals surface area contributed by atoms with E-state index in [9.17, 15) is 0 Å². The lowest BCUT2D eigenvalue weighted by atomic mass is 9.77. The first-order chi connectivity index (χ1) is 21.8. The lowest BCUT2D eigenvalue weighted by Crippen LogP contribution is -2.11. The molecule has 0 aromatic heterocycles. The van der Waals surface area contributed by atoms with Gasteiger partial charge in [0, 0.05) is 17.1 Å². The quantitative estimate of drug-likeness (QED) is 0.196. The summed E-state index contributed by atoms with van der Waals surface area (Å²) in [6.45, 7) is 11.2. The van der Waals surface area contributed by atoms with Crippen LogP contribution < -0.4 is 4.90 Å². The van der Waals surface area contributed by atoms with Crippen molar-refractivity contribution in [2.24, 2.45) is 0 Å². The van der Waals surface area contributed by atoms with Crippen molar-refractivity contribution in [2.75, 3.05) is 4.90 Å². The third kappa shape index (κ3) is 4.62. The van der Waals surface area contributed by atoms with Crippen molar-refractivity contribution in [3.8, 4) is 33.4 Å². The van der Waals surface area contributed by atoms with E-state index in [0.29, 0.717) is 5.92 Å². The van der Waals surface area contributed by atoms with E-state index in [-0.39, 0.29) is 0 Å². The smallest absolute Gasteiger partial charge is 0.0468 e. The van der Waals surface area contributed by atoms with E-state index < -0.39 is 0 Å². The summed E-state index contributed by atoms with van der Waals surface area (Å²) in [6.07, 6.45) is 0. The van der Waals surface area contributed by atoms with Crippen LogP contribution >= 0.6 is 0 Å². The summed E-state index contributed by atoms with van der Waals surface area (Å²) < 4.78 is 0. The fourth-order valence-electron chi connectivity index (χ4n) is 6.96. The molecule has 0 N–H and O–H groups in total. The highest BCUT2D eigenvalue weighted by molar-refractivity contribution is 6.12. The minimum atomic E-state index is 0.501. The molecule has 0 amide bonds.